The summed E-state index contributed by atoms with van der Waals surface area (Å²) in [5.74, 6) is 0.459. The second-order valence-electron chi connectivity index (χ2n) is 6.02. The van der Waals surface area contributed by atoms with Gasteiger partial charge in [-0.3, -0.25) is 4.98 Å². The lowest BCUT2D eigenvalue weighted by molar-refractivity contribution is 0.0601. The van der Waals surface area contributed by atoms with Crippen molar-refractivity contribution >= 4 is 11.7 Å². The molecular formula is C19H18N2O2. The van der Waals surface area contributed by atoms with E-state index in [9.17, 15) is 4.79 Å². The summed E-state index contributed by atoms with van der Waals surface area (Å²) in [6.45, 7) is 0. The first-order valence-electron chi connectivity index (χ1n) is 7.84. The molecule has 1 aliphatic heterocycles. The fourth-order valence-electron chi connectivity index (χ4n) is 3.79. The number of aromatic nitrogens is 1. The van der Waals surface area contributed by atoms with Crippen LogP contribution in [0, 0.1) is 5.92 Å². The highest BCUT2D eigenvalue weighted by Gasteiger charge is 2.39. The van der Waals surface area contributed by atoms with Crippen molar-refractivity contribution in [1.29, 1.82) is 0 Å². The van der Waals surface area contributed by atoms with E-state index in [1.807, 2.05) is 24.4 Å². The minimum absolute atomic E-state index is 0.141. The molecule has 0 bridgehead atoms. The Morgan fingerprint density at radius 3 is 3.00 bits per heavy atom. The van der Waals surface area contributed by atoms with Crippen molar-refractivity contribution < 1.29 is 9.53 Å². The summed E-state index contributed by atoms with van der Waals surface area (Å²) >= 11 is 0. The highest BCUT2D eigenvalue weighted by Crippen LogP contribution is 2.50. The summed E-state index contributed by atoms with van der Waals surface area (Å²) in [4.78, 5) is 16.4. The number of fused-ring (bicyclic) bond motifs is 3. The van der Waals surface area contributed by atoms with Crippen molar-refractivity contribution in [1.82, 2.24) is 4.98 Å². The molecule has 4 heteroatoms. The standard InChI is InChI=1S/C19H18N2O2/c1-23-19(22)16-9-3-8-15-13-6-2-7-14(13)17(21-18(15)16)12-5-4-10-20-11-12/h2-6,8-11,13-14,17,21H,7H2,1H3/t13-,14-,17+/m0/s1. The van der Waals surface area contributed by atoms with Gasteiger partial charge >= 0.3 is 5.97 Å². The van der Waals surface area contributed by atoms with E-state index in [-0.39, 0.29) is 12.0 Å². The number of rotatable bonds is 2. The predicted octanol–water partition coefficient (Wildman–Crippen LogP) is 3.69. The maximum Gasteiger partial charge on any atom is 0.339 e. The number of carbonyl (C=O) groups is 1. The summed E-state index contributed by atoms with van der Waals surface area (Å²) in [6.07, 6.45) is 9.21. The zero-order valence-corrected chi connectivity index (χ0v) is 12.9. The van der Waals surface area contributed by atoms with Gasteiger partial charge in [0.25, 0.3) is 0 Å². The van der Waals surface area contributed by atoms with E-state index < -0.39 is 0 Å². The van der Waals surface area contributed by atoms with Crippen LogP contribution in [-0.4, -0.2) is 18.1 Å². The number of anilines is 1. The molecule has 0 saturated carbocycles. The van der Waals surface area contributed by atoms with Gasteiger partial charge in [0.1, 0.15) is 0 Å². The molecule has 1 aliphatic carbocycles. The normalized spacial score (nSPS) is 24.5. The molecule has 0 unspecified atom stereocenters. The molecule has 1 N–H and O–H groups in total. The summed E-state index contributed by atoms with van der Waals surface area (Å²) in [7, 11) is 1.42. The summed E-state index contributed by atoms with van der Waals surface area (Å²) in [5.41, 5.74) is 3.81. The molecule has 2 aromatic rings. The van der Waals surface area contributed by atoms with E-state index in [2.05, 4.69) is 34.6 Å². The van der Waals surface area contributed by atoms with E-state index in [4.69, 9.17) is 4.74 Å². The Bertz CT molecular complexity index is 770. The highest BCUT2D eigenvalue weighted by atomic mass is 16.5. The molecule has 0 saturated heterocycles. The molecule has 0 amide bonds. The number of benzene rings is 1. The van der Waals surface area contributed by atoms with Gasteiger partial charge in [0.2, 0.25) is 0 Å². The molecule has 0 radical (unpaired) electrons. The zero-order valence-electron chi connectivity index (χ0n) is 12.9. The highest BCUT2D eigenvalue weighted by molar-refractivity contribution is 5.97. The quantitative estimate of drug-likeness (QED) is 0.679. The van der Waals surface area contributed by atoms with E-state index in [0.717, 1.165) is 17.7 Å². The van der Waals surface area contributed by atoms with Gasteiger partial charge in [0, 0.05) is 18.3 Å². The molecule has 23 heavy (non-hydrogen) atoms. The third-order valence-corrected chi connectivity index (χ3v) is 4.85. The Labute approximate surface area is 135 Å². The predicted molar refractivity (Wildman–Crippen MR) is 88.4 cm³/mol. The minimum atomic E-state index is -0.306. The van der Waals surface area contributed by atoms with Crippen LogP contribution in [0.2, 0.25) is 0 Å². The smallest absolute Gasteiger partial charge is 0.339 e. The van der Waals surface area contributed by atoms with Crippen LogP contribution in [0.25, 0.3) is 0 Å². The third-order valence-electron chi connectivity index (χ3n) is 4.85. The van der Waals surface area contributed by atoms with Crippen LogP contribution >= 0.6 is 0 Å². The number of nitrogens with zero attached hydrogens (tertiary/aromatic N) is 1. The molecule has 0 spiro atoms. The van der Waals surface area contributed by atoms with Crippen molar-refractivity contribution in [2.24, 2.45) is 5.92 Å². The monoisotopic (exact) mass is 306 g/mol. The van der Waals surface area contributed by atoms with Crippen molar-refractivity contribution in [2.75, 3.05) is 12.4 Å². The van der Waals surface area contributed by atoms with E-state index in [1.165, 1.54) is 12.7 Å². The molecule has 116 valence electrons. The maximum atomic E-state index is 12.1. The fraction of sp³-hybridized carbons (Fsp3) is 0.263. The molecule has 3 atom stereocenters. The number of methoxy groups -OCH3 is 1. The average Bonchev–Trinajstić information content (AvgIpc) is 3.10. The van der Waals surface area contributed by atoms with Gasteiger partial charge in [-0.15, -0.1) is 0 Å². The summed E-state index contributed by atoms with van der Waals surface area (Å²) in [6, 6.07) is 10.0. The zero-order chi connectivity index (χ0) is 15.8. The Morgan fingerprint density at radius 1 is 1.30 bits per heavy atom. The molecule has 2 aliphatic rings. The van der Waals surface area contributed by atoms with E-state index in [1.54, 1.807) is 6.20 Å². The van der Waals surface area contributed by atoms with Crippen molar-refractivity contribution in [3.05, 3.63) is 71.6 Å². The van der Waals surface area contributed by atoms with Crippen LogP contribution < -0.4 is 5.32 Å². The van der Waals surface area contributed by atoms with E-state index in [0.29, 0.717) is 17.4 Å². The second-order valence-corrected chi connectivity index (χ2v) is 6.02. The first kappa shape index (κ1) is 14.0. The van der Waals surface area contributed by atoms with Gasteiger partial charge in [-0.05, 0) is 35.6 Å². The van der Waals surface area contributed by atoms with Crippen molar-refractivity contribution in [3.63, 3.8) is 0 Å². The largest absolute Gasteiger partial charge is 0.465 e. The fourth-order valence-corrected chi connectivity index (χ4v) is 3.79. The third kappa shape index (κ3) is 2.22. The Balaban J connectivity index is 1.84. The van der Waals surface area contributed by atoms with Gasteiger partial charge in [0.05, 0.1) is 24.4 Å². The molecule has 1 aromatic heterocycles. The summed E-state index contributed by atoms with van der Waals surface area (Å²) < 4.78 is 4.95. The molecular weight excluding hydrogens is 288 g/mol. The van der Waals surface area contributed by atoms with Crippen LogP contribution in [-0.2, 0) is 4.74 Å². The number of nitrogens with one attached hydrogen (secondary N) is 1. The SMILES string of the molecule is COC(=O)c1cccc2c1N[C@H](c1cccnc1)[C@H]1CC=C[C@H]21. The van der Waals surface area contributed by atoms with Crippen LogP contribution in [0.1, 0.15) is 39.9 Å². The van der Waals surface area contributed by atoms with Crippen molar-refractivity contribution in [3.8, 4) is 0 Å². The van der Waals surface area contributed by atoms with Gasteiger partial charge in [-0.25, -0.2) is 4.79 Å². The van der Waals surface area contributed by atoms with Gasteiger partial charge in [-0.2, -0.15) is 0 Å². The molecule has 0 fully saturated rings. The number of para-hydroxylation sites is 1. The molecule has 2 heterocycles. The average molecular weight is 306 g/mol. The first-order valence-corrected chi connectivity index (χ1v) is 7.84. The molecule has 1 aromatic carbocycles. The Morgan fingerprint density at radius 2 is 2.22 bits per heavy atom. The maximum absolute atomic E-state index is 12.1. The summed E-state index contributed by atoms with van der Waals surface area (Å²) in [5, 5.41) is 3.59. The number of pyridine rings is 1. The van der Waals surface area contributed by atoms with Crippen LogP contribution in [0.15, 0.2) is 54.9 Å². The van der Waals surface area contributed by atoms with Crippen LogP contribution in [0.3, 0.4) is 0 Å². The van der Waals surface area contributed by atoms with Crippen LogP contribution in [0.4, 0.5) is 5.69 Å². The van der Waals surface area contributed by atoms with E-state index >= 15 is 0 Å². The lowest BCUT2D eigenvalue weighted by atomic mass is 9.76. The number of esters is 1. The number of carbonyl (C=O) groups excluding carboxylic acids is 1. The topological polar surface area (TPSA) is 51.2 Å². The van der Waals surface area contributed by atoms with Crippen LogP contribution in [0.5, 0.6) is 0 Å². The second kappa shape index (κ2) is 5.54. The lowest BCUT2D eigenvalue weighted by Gasteiger charge is -2.38. The Hall–Kier alpha value is -2.62. The number of hydrogen-bond donors (Lipinski definition) is 1. The molecule has 4 rings (SSSR count). The minimum Gasteiger partial charge on any atom is -0.465 e. The van der Waals surface area contributed by atoms with Gasteiger partial charge in [-0.1, -0.05) is 30.4 Å². The number of hydrogen-bond acceptors (Lipinski definition) is 4. The number of ether oxygens (including phenoxy) is 1. The number of allylic oxidation sites excluding steroid dienone is 2. The lowest BCUT2D eigenvalue weighted by Crippen LogP contribution is -2.30. The first-order chi connectivity index (χ1) is 11.3. The van der Waals surface area contributed by atoms with Crippen molar-refractivity contribution in [2.45, 2.75) is 18.4 Å². The Kier molecular flexibility index (Phi) is 3.37. The van der Waals surface area contributed by atoms with Gasteiger partial charge in [0.15, 0.2) is 0 Å². The van der Waals surface area contributed by atoms with Gasteiger partial charge < -0.3 is 10.1 Å². The molecule has 4 nitrogen and oxygen atoms in total.